The molecule has 114 valence electrons. The van der Waals surface area contributed by atoms with Crippen LogP contribution in [0.2, 0.25) is 0 Å². The fourth-order valence-corrected chi connectivity index (χ4v) is 3.21. The van der Waals surface area contributed by atoms with E-state index in [2.05, 4.69) is 4.98 Å². The second-order valence-electron chi connectivity index (χ2n) is 5.35. The normalized spacial score (nSPS) is 20.6. The fraction of sp³-hybridized carbons (Fsp3) is 0.118. The minimum atomic E-state index is -0.684. The van der Waals surface area contributed by atoms with Crippen molar-refractivity contribution in [2.45, 2.75) is 11.4 Å². The Morgan fingerprint density at radius 2 is 1.65 bits per heavy atom. The number of hydrogen-bond acceptors (Lipinski definition) is 3. The predicted octanol–water partition coefficient (Wildman–Crippen LogP) is 2.22. The maximum absolute atomic E-state index is 12.7. The van der Waals surface area contributed by atoms with Crippen molar-refractivity contribution in [3.8, 4) is 0 Å². The van der Waals surface area contributed by atoms with E-state index in [1.165, 1.54) is 16.0 Å². The second-order valence-corrected chi connectivity index (χ2v) is 5.82. The molecule has 3 aromatic rings. The largest absolute Gasteiger partial charge is 0.280 e. The van der Waals surface area contributed by atoms with Crippen LogP contribution in [0.1, 0.15) is 11.6 Å². The molecule has 0 aliphatic carbocycles. The van der Waals surface area contributed by atoms with E-state index in [1.54, 1.807) is 18.2 Å². The molecule has 0 N–H and O–H groups in total. The smallest absolute Gasteiger partial charge is 0.271 e. The van der Waals surface area contributed by atoms with Gasteiger partial charge in [-0.25, -0.2) is 14.7 Å². The van der Waals surface area contributed by atoms with Crippen LogP contribution in [0, 0.1) is 0 Å². The van der Waals surface area contributed by atoms with E-state index < -0.39 is 5.38 Å². The van der Waals surface area contributed by atoms with E-state index in [4.69, 9.17) is 11.6 Å². The summed E-state index contributed by atoms with van der Waals surface area (Å²) in [6.07, 6.45) is 1.38. The lowest BCUT2D eigenvalue weighted by atomic mass is 9.95. The lowest BCUT2D eigenvalue weighted by molar-refractivity contribution is -0.126. The summed E-state index contributed by atoms with van der Waals surface area (Å²) < 4.78 is 1.25. The van der Waals surface area contributed by atoms with Gasteiger partial charge < -0.3 is 0 Å². The number of halogens is 1. The van der Waals surface area contributed by atoms with Gasteiger partial charge >= 0.3 is 0 Å². The predicted molar refractivity (Wildman–Crippen MR) is 88.1 cm³/mol. The number of rotatable bonds is 2. The molecular weight excluding hydrogens is 314 g/mol. The van der Waals surface area contributed by atoms with E-state index in [0.717, 1.165) is 5.56 Å². The van der Waals surface area contributed by atoms with E-state index >= 15 is 0 Å². The van der Waals surface area contributed by atoms with Crippen LogP contribution < -0.4 is 10.6 Å². The van der Waals surface area contributed by atoms with E-state index in [-0.39, 0.29) is 17.5 Å². The Morgan fingerprint density at radius 1 is 0.957 bits per heavy atom. The Labute approximate surface area is 136 Å². The fourth-order valence-electron chi connectivity index (χ4n) is 2.85. The molecule has 0 unspecified atom stereocenters. The van der Waals surface area contributed by atoms with Gasteiger partial charge in [-0.1, -0.05) is 42.5 Å². The summed E-state index contributed by atoms with van der Waals surface area (Å²) in [6.45, 7) is 0. The molecular formula is C17H12ClN3O2. The van der Waals surface area contributed by atoms with Crippen molar-refractivity contribution in [2.75, 3.05) is 5.01 Å². The Morgan fingerprint density at radius 3 is 2.43 bits per heavy atom. The highest BCUT2D eigenvalue weighted by molar-refractivity contribution is 6.36. The molecule has 1 amide bonds. The lowest BCUT2D eigenvalue weighted by Crippen LogP contribution is -2.64. The van der Waals surface area contributed by atoms with Crippen molar-refractivity contribution in [3.63, 3.8) is 0 Å². The topological polar surface area (TPSA) is 55.2 Å². The molecule has 0 saturated carbocycles. The number of aromatic nitrogens is 2. The van der Waals surface area contributed by atoms with Gasteiger partial charge in [0.25, 0.3) is 11.5 Å². The number of carbonyl (C=O) groups excluding carboxylic acids is 1. The van der Waals surface area contributed by atoms with Gasteiger partial charge in [-0.15, -0.1) is 11.6 Å². The standard InChI is InChI=1S/C17H12ClN3O2/c18-14-15(11-6-2-1-3-7-11)21(17(14)23)20-10-19-13-9-5-4-8-12(13)16(20)22/h1-10,14-15H/t14-,15+/m0/s1. The second kappa shape index (κ2) is 5.21. The monoisotopic (exact) mass is 325 g/mol. The number of benzene rings is 2. The van der Waals surface area contributed by atoms with Crippen LogP contribution in [0.4, 0.5) is 0 Å². The molecule has 2 atom stereocenters. The van der Waals surface area contributed by atoms with Crippen molar-refractivity contribution in [3.05, 3.63) is 76.8 Å². The summed E-state index contributed by atoms with van der Waals surface area (Å²) in [5.41, 5.74) is 1.20. The summed E-state index contributed by atoms with van der Waals surface area (Å²) >= 11 is 6.19. The molecule has 1 aliphatic rings. The van der Waals surface area contributed by atoms with Crippen molar-refractivity contribution in [1.29, 1.82) is 0 Å². The van der Waals surface area contributed by atoms with Gasteiger partial charge in [0.15, 0.2) is 0 Å². The average Bonchev–Trinajstić information content (AvgIpc) is 2.61. The summed E-state index contributed by atoms with van der Waals surface area (Å²) in [5.74, 6) is -0.306. The quantitative estimate of drug-likeness (QED) is 0.536. The van der Waals surface area contributed by atoms with Gasteiger partial charge in [-0.3, -0.25) is 9.59 Å². The Hall–Kier alpha value is -2.66. The minimum Gasteiger partial charge on any atom is -0.271 e. The Bertz CT molecular complexity index is 955. The van der Waals surface area contributed by atoms with Crippen LogP contribution in [0.25, 0.3) is 10.9 Å². The molecule has 2 aromatic carbocycles. The maximum atomic E-state index is 12.7. The highest BCUT2D eigenvalue weighted by atomic mass is 35.5. The molecule has 2 heterocycles. The number of fused-ring (bicyclic) bond motifs is 1. The molecule has 0 bridgehead atoms. The van der Waals surface area contributed by atoms with Gasteiger partial charge in [-0.05, 0) is 17.7 Å². The Balaban J connectivity index is 1.85. The molecule has 4 rings (SSSR count). The van der Waals surface area contributed by atoms with Crippen molar-refractivity contribution < 1.29 is 4.79 Å². The molecule has 5 nitrogen and oxygen atoms in total. The highest BCUT2D eigenvalue weighted by Gasteiger charge is 2.49. The first-order valence-electron chi connectivity index (χ1n) is 7.17. The van der Waals surface area contributed by atoms with Crippen LogP contribution in [-0.2, 0) is 4.79 Å². The van der Waals surface area contributed by atoms with Crippen LogP contribution in [0.5, 0.6) is 0 Å². The number of β-lactam (4-membered cyclic amide) rings is 1. The third-order valence-corrected chi connectivity index (χ3v) is 4.45. The Kier molecular flexibility index (Phi) is 3.16. The van der Waals surface area contributed by atoms with Crippen molar-refractivity contribution in [1.82, 2.24) is 9.66 Å². The molecule has 23 heavy (non-hydrogen) atoms. The number of para-hydroxylation sites is 1. The van der Waals surface area contributed by atoms with Crippen LogP contribution in [0.15, 0.2) is 65.7 Å². The first-order valence-corrected chi connectivity index (χ1v) is 7.61. The third kappa shape index (κ3) is 2.04. The average molecular weight is 326 g/mol. The van der Waals surface area contributed by atoms with Gasteiger partial charge in [0.05, 0.1) is 10.9 Å². The summed E-state index contributed by atoms with van der Waals surface area (Å²) in [4.78, 5) is 29.2. The van der Waals surface area contributed by atoms with E-state index in [0.29, 0.717) is 10.9 Å². The molecule has 6 heteroatoms. The first kappa shape index (κ1) is 14.0. The van der Waals surface area contributed by atoms with Crippen molar-refractivity contribution in [2.24, 2.45) is 0 Å². The number of nitrogens with zero attached hydrogens (tertiary/aromatic N) is 3. The molecule has 0 spiro atoms. The number of alkyl halides is 1. The molecule has 0 radical (unpaired) electrons. The minimum absolute atomic E-state index is 0.284. The van der Waals surface area contributed by atoms with Crippen LogP contribution in [0.3, 0.4) is 0 Å². The van der Waals surface area contributed by atoms with E-state index in [9.17, 15) is 9.59 Å². The third-order valence-electron chi connectivity index (χ3n) is 4.02. The SMILES string of the molecule is O=C1[C@@H](Cl)[C@@H](c2ccccc2)N1n1cnc2ccccc2c1=O. The lowest BCUT2D eigenvalue weighted by Gasteiger charge is -2.44. The maximum Gasteiger partial charge on any atom is 0.280 e. The summed E-state index contributed by atoms with van der Waals surface area (Å²) in [5, 5.41) is 1.15. The zero-order valence-electron chi connectivity index (χ0n) is 12.0. The van der Waals surface area contributed by atoms with Gasteiger partial charge in [0, 0.05) is 0 Å². The van der Waals surface area contributed by atoms with Gasteiger partial charge in [-0.2, -0.15) is 0 Å². The summed E-state index contributed by atoms with van der Waals surface area (Å²) in [7, 11) is 0. The molecule has 1 saturated heterocycles. The summed E-state index contributed by atoms with van der Waals surface area (Å²) in [6, 6.07) is 16.1. The molecule has 1 aliphatic heterocycles. The van der Waals surface area contributed by atoms with E-state index in [1.807, 2.05) is 36.4 Å². The van der Waals surface area contributed by atoms with Crippen molar-refractivity contribution >= 4 is 28.4 Å². The van der Waals surface area contributed by atoms with Crippen LogP contribution >= 0.6 is 11.6 Å². The first-order chi connectivity index (χ1) is 11.2. The van der Waals surface area contributed by atoms with Gasteiger partial charge in [0.1, 0.15) is 17.7 Å². The molecule has 1 aromatic heterocycles. The zero-order valence-corrected chi connectivity index (χ0v) is 12.7. The number of carbonyl (C=O) groups is 1. The zero-order chi connectivity index (χ0) is 16.0. The van der Waals surface area contributed by atoms with Gasteiger partial charge in [0.2, 0.25) is 0 Å². The number of hydrogen-bond donors (Lipinski definition) is 0. The van der Waals surface area contributed by atoms with Crippen LogP contribution in [-0.4, -0.2) is 20.9 Å². The highest BCUT2D eigenvalue weighted by Crippen LogP contribution is 2.36. The number of amides is 1. The molecule has 1 fully saturated rings.